The van der Waals surface area contributed by atoms with Gasteiger partial charge in [-0.25, -0.2) is 4.98 Å². The Morgan fingerprint density at radius 1 is 1.31 bits per heavy atom. The predicted molar refractivity (Wildman–Crippen MR) is 120 cm³/mol. The number of guanidine groups is 1. The molecule has 1 aliphatic heterocycles. The van der Waals surface area contributed by atoms with E-state index in [0.29, 0.717) is 17.6 Å². The van der Waals surface area contributed by atoms with Crippen LogP contribution < -0.4 is 15.5 Å². The largest absolute Gasteiger partial charge is 0.375 e. The molecule has 1 atom stereocenters. The molecule has 29 heavy (non-hydrogen) atoms. The van der Waals surface area contributed by atoms with Crippen LogP contribution in [0.2, 0.25) is 5.02 Å². The average Bonchev–Trinajstić information content (AvgIpc) is 2.74. The van der Waals surface area contributed by atoms with Crippen LogP contribution >= 0.6 is 11.6 Å². The summed E-state index contributed by atoms with van der Waals surface area (Å²) in [6.45, 7) is 4.64. The van der Waals surface area contributed by atoms with Crippen LogP contribution in [0.15, 0.2) is 47.6 Å². The molecule has 0 bridgehead atoms. The molecule has 0 aliphatic carbocycles. The zero-order valence-corrected chi connectivity index (χ0v) is 18.1. The van der Waals surface area contributed by atoms with E-state index in [1.165, 1.54) is 5.56 Å². The fourth-order valence-electron chi connectivity index (χ4n) is 3.52. The Kier molecular flexibility index (Phi) is 7.72. The van der Waals surface area contributed by atoms with Gasteiger partial charge in [-0.1, -0.05) is 29.8 Å². The van der Waals surface area contributed by atoms with Crippen LogP contribution in [0.5, 0.6) is 0 Å². The number of piperidine rings is 1. The van der Waals surface area contributed by atoms with Crippen LogP contribution in [0.4, 0.5) is 5.82 Å². The summed E-state index contributed by atoms with van der Waals surface area (Å²) in [4.78, 5) is 11.3. The summed E-state index contributed by atoms with van der Waals surface area (Å²) in [7, 11) is 3.50. The van der Waals surface area contributed by atoms with E-state index in [1.54, 1.807) is 14.2 Å². The monoisotopic (exact) mass is 415 g/mol. The summed E-state index contributed by atoms with van der Waals surface area (Å²) in [5, 5.41) is 7.63. The van der Waals surface area contributed by atoms with Crippen molar-refractivity contribution in [2.24, 2.45) is 4.99 Å². The minimum absolute atomic E-state index is 0.0956. The lowest BCUT2D eigenvalue weighted by atomic mass is 10.1. The van der Waals surface area contributed by atoms with Gasteiger partial charge in [-0.3, -0.25) is 4.99 Å². The van der Waals surface area contributed by atoms with Crippen LogP contribution in [0.3, 0.4) is 0 Å². The standard InChI is InChI=1S/C22H30ClN5O/c1-16-7-8-21(25-14-16)28-11-9-19(10-12-28)27-22(24-2)26-15-20(29-3)17-5-4-6-18(23)13-17/h4-8,13-14,19-20H,9-12,15H2,1-3H3,(H2,24,26,27). The first kappa shape index (κ1) is 21.4. The van der Waals surface area contributed by atoms with Gasteiger partial charge in [-0.2, -0.15) is 0 Å². The molecule has 2 aromatic rings. The highest BCUT2D eigenvalue weighted by Crippen LogP contribution is 2.20. The SMILES string of the molecule is CN=C(NCC(OC)c1cccc(Cl)c1)NC1CCN(c2ccc(C)cn2)CC1. The second-order valence-corrected chi connectivity index (χ2v) is 7.77. The molecule has 156 valence electrons. The molecule has 0 spiro atoms. The molecule has 1 aromatic carbocycles. The van der Waals surface area contributed by atoms with Gasteiger partial charge in [0, 0.05) is 51.1 Å². The van der Waals surface area contributed by atoms with Crippen molar-refractivity contribution in [3.05, 3.63) is 58.7 Å². The maximum absolute atomic E-state index is 6.11. The molecule has 2 heterocycles. The summed E-state index contributed by atoms with van der Waals surface area (Å²) in [6.07, 6.45) is 3.91. The van der Waals surface area contributed by atoms with E-state index < -0.39 is 0 Å². The summed E-state index contributed by atoms with van der Waals surface area (Å²) < 4.78 is 5.63. The van der Waals surface area contributed by atoms with Gasteiger partial charge < -0.3 is 20.3 Å². The topological polar surface area (TPSA) is 61.8 Å². The second kappa shape index (κ2) is 10.5. The fraction of sp³-hybridized carbons (Fsp3) is 0.455. The Morgan fingerprint density at radius 2 is 2.10 bits per heavy atom. The first-order valence-electron chi connectivity index (χ1n) is 10.0. The number of nitrogens with zero attached hydrogens (tertiary/aromatic N) is 3. The molecule has 1 aliphatic rings. The van der Waals surface area contributed by atoms with E-state index in [2.05, 4.69) is 44.6 Å². The minimum Gasteiger partial charge on any atom is -0.375 e. The Balaban J connectivity index is 1.48. The maximum Gasteiger partial charge on any atom is 0.191 e. The van der Waals surface area contributed by atoms with E-state index in [9.17, 15) is 0 Å². The number of aliphatic imine (C=N–C) groups is 1. The van der Waals surface area contributed by atoms with Crippen molar-refractivity contribution in [3.8, 4) is 0 Å². The van der Waals surface area contributed by atoms with Crippen molar-refractivity contribution in [3.63, 3.8) is 0 Å². The molecule has 1 fully saturated rings. The molecule has 2 N–H and O–H groups in total. The highest BCUT2D eigenvalue weighted by atomic mass is 35.5. The first-order valence-corrected chi connectivity index (χ1v) is 10.4. The van der Waals surface area contributed by atoms with Gasteiger partial charge >= 0.3 is 0 Å². The second-order valence-electron chi connectivity index (χ2n) is 7.33. The molecule has 1 unspecified atom stereocenters. The van der Waals surface area contributed by atoms with Crippen molar-refractivity contribution >= 4 is 23.4 Å². The predicted octanol–water partition coefficient (Wildman–Crippen LogP) is 3.56. The zero-order valence-electron chi connectivity index (χ0n) is 17.4. The van der Waals surface area contributed by atoms with Gasteiger partial charge in [0.1, 0.15) is 5.82 Å². The number of benzene rings is 1. The molecule has 7 heteroatoms. The summed E-state index contributed by atoms with van der Waals surface area (Å²) >= 11 is 6.11. The van der Waals surface area contributed by atoms with E-state index in [0.717, 1.165) is 43.3 Å². The number of aromatic nitrogens is 1. The van der Waals surface area contributed by atoms with Crippen LogP contribution in [0.1, 0.15) is 30.1 Å². The number of ether oxygens (including phenoxy) is 1. The molecule has 1 saturated heterocycles. The highest BCUT2D eigenvalue weighted by Gasteiger charge is 2.21. The molecule has 3 rings (SSSR count). The lowest BCUT2D eigenvalue weighted by molar-refractivity contribution is 0.106. The van der Waals surface area contributed by atoms with Crippen LogP contribution in [-0.4, -0.2) is 50.8 Å². The third kappa shape index (κ3) is 6.08. The average molecular weight is 416 g/mol. The van der Waals surface area contributed by atoms with Crippen molar-refractivity contribution in [2.75, 3.05) is 38.7 Å². The Morgan fingerprint density at radius 3 is 2.72 bits per heavy atom. The van der Waals surface area contributed by atoms with Crippen LogP contribution in [-0.2, 0) is 4.74 Å². The number of nitrogens with one attached hydrogen (secondary N) is 2. The van der Waals surface area contributed by atoms with Crippen molar-refractivity contribution < 1.29 is 4.74 Å². The highest BCUT2D eigenvalue weighted by molar-refractivity contribution is 6.30. The number of methoxy groups -OCH3 is 1. The van der Waals surface area contributed by atoms with Crippen molar-refractivity contribution in [1.29, 1.82) is 0 Å². The zero-order chi connectivity index (χ0) is 20.6. The third-order valence-electron chi connectivity index (χ3n) is 5.24. The number of rotatable bonds is 6. The number of aryl methyl sites for hydroxylation is 1. The quantitative estimate of drug-likeness (QED) is 0.558. The molecule has 0 amide bonds. The van der Waals surface area contributed by atoms with Crippen molar-refractivity contribution in [2.45, 2.75) is 31.9 Å². The number of halogens is 1. The van der Waals surface area contributed by atoms with Gasteiger partial charge in [-0.15, -0.1) is 0 Å². The van der Waals surface area contributed by atoms with Crippen LogP contribution in [0.25, 0.3) is 0 Å². The number of anilines is 1. The third-order valence-corrected chi connectivity index (χ3v) is 5.47. The normalized spacial score (nSPS) is 16.6. The fourth-order valence-corrected chi connectivity index (χ4v) is 3.72. The smallest absolute Gasteiger partial charge is 0.191 e. The lowest BCUT2D eigenvalue weighted by Gasteiger charge is -2.34. The molecule has 0 radical (unpaired) electrons. The van der Waals surface area contributed by atoms with Gasteiger partial charge in [0.25, 0.3) is 0 Å². The number of hydrogen-bond donors (Lipinski definition) is 2. The lowest BCUT2D eigenvalue weighted by Crippen LogP contribution is -2.49. The molecular weight excluding hydrogens is 386 g/mol. The van der Waals surface area contributed by atoms with E-state index in [1.807, 2.05) is 30.5 Å². The maximum atomic E-state index is 6.11. The van der Waals surface area contributed by atoms with Crippen LogP contribution in [0, 0.1) is 6.92 Å². The summed E-state index contributed by atoms with van der Waals surface area (Å²) in [5.41, 5.74) is 2.23. The Labute approximate surface area is 178 Å². The summed E-state index contributed by atoms with van der Waals surface area (Å²) in [6, 6.07) is 12.4. The van der Waals surface area contributed by atoms with Gasteiger partial charge in [0.05, 0.1) is 6.10 Å². The van der Waals surface area contributed by atoms with Gasteiger partial charge in [-0.05, 0) is 49.1 Å². The number of pyridine rings is 1. The first-order chi connectivity index (χ1) is 14.1. The molecule has 1 aromatic heterocycles. The minimum atomic E-state index is -0.0956. The van der Waals surface area contributed by atoms with E-state index in [-0.39, 0.29) is 6.10 Å². The van der Waals surface area contributed by atoms with Gasteiger partial charge in [0.2, 0.25) is 0 Å². The van der Waals surface area contributed by atoms with E-state index in [4.69, 9.17) is 16.3 Å². The Hall–Kier alpha value is -2.31. The molecule has 0 saturated carbocycles. The number of hydrogen-bond acceptors (Lipinski definition) is 4. The van der Waals surface area contributed by atoms with Gasteiger partial charge in [0.15, 0.2) is 5.96 Å². The summed E-state index contributed by atoms with van der Waals surface area (Å²) in [5.74, 6) is 1.85. The van der Waals surface area contributed by atoms with E-state index >= 15 is 0 Å². The Bertz CT molecular complexity index is 803. The van der Waals surface area contributed by atoms with Crippen molar-refractivity contribution in [1.82, 2.24) is 15.6 Å². The molecule has 6 nitrogen and oxygen atoms in total. The molecular formula is C22H30ClN5O.